The second-order valence-corrected chi connectivity index (χ2v) is 6.62. The van der Waals surface area contributed by atoms with Gasteiger partial charge in [0.1, 0.15) is 0 Å². The van der Waals surface area contributed by atoms with Crippen LogP contribution in [0.15, 0.2) is 48.8 Å². The van der Waals surface area contributed by atoms with Crippen LogP contribution in [0.3, 0.4) is 0 Å². The standard InChI is InChI=1S/C18H12N2O2S/c1-10-2-5-16(23-10)17-13-6-7-19-9-14(13)12-4-3-11(18(21)22)8-15(12)20-17/h2-9H,1H3,(H,21,22). The Kier molecular flexibility index (Phi) is 3.09. The molecule has 0 unspecified atom stereocenters. The highest BCUT2D eigenvalue weighted by molar-refractivity contribution is 7.15. The molecule has 0 amide bonds. The SMILES string of the molecule is Cc1ccc(-c2nc3cc(C(=O)O)ccc3c3cnccc23)s1. The Bertz CT molecular complexity index is 1070. The Morgan fingerprint density at radius 1 is 1.09 bits per heavy atom. The highest BCUT2D eigenvalue weighted by atomic mass is 32.1. The van der Waals surface area contributed by atoms with E-state index in [2.05, 4.69) is 24.0 Å². The average Bonchev–Trinajstić information content (AvgIpc) is 2.99. The van der Waals surface area contributed by atoms with Gasteiger partial charge in [0.05, 0.1) is 21.7 Å². The third-order valence-corrected chi connectivity index (χ3v) is 4.82. The number of hydrogen-bond donors (Lipinski definition) is 1. The van der Waals surface area contributed by atoms with Gasteiger partial charge in [-0.3, -0.25) is 4.98 Å². The van der Waals surface area contributed by atoms with Crippen molar-refractivity contribution in [1.82, 2.24) is 9.97 Å². The summed E-state index contributed by atoms with van der Waals surface area (Å²) in [5, 5.41) is 12.1. The van der Waals surface area contributed by atoms with Gasteiger partial charge in [-0.25, -0.2) is 9.78 Å². The van der Waals surface area contributed by atoms with Crippen LogP contribution in [0.5, 0.6) is 0 Å². The van der Waals surface area contributed by atoms with Gasteiger partial charge in [0.15, 0.2) is 0 Å². The molecule has 0 aliphatic heterocycles. The van der Waals surface area contributed by atoms with Crippen molar-refractivity contribution >= 4 is 39.0 Å². The van der Waals surface area contributed by atoms with Gasteiger partial charge in [-0.05, 0) is 37.3 Å². The Balaban J connectivity index is 2.12. The molecule has 0 bridgehead atoms. The lowest BCUT2D eigenvalue weighted by atomic mass is 10.0. The number of nitrogens with zero attached hydrogens (tertiary/aromatic N) is 2. The van der Waals surface area contributed by atoms with Gasteiger partial charge in [0.25, 0.3) is 0 Å². The molecule has 4 nitrogen and oxygen atoms in total. The number of rotatable bonds is 2. The molecule has 0 radical (unpaired) electrons. The summed E-state index contributed by atoms with van der Waals surface area (Å²) in [5.74, 6) is -0.950. The van der Waals surface area contributed by atoms with Crippen molar-refractivity contribution in [3.63, 3.8) is 0 Å². The van der Waals surface area contributed by atoms with Crippen LogP contribution in [-0.4, -0.2) is 21.0 Å². The predicted molar refractivity (Wildman–Crippen MR) is 92.1 cm³/mol. The highest BCUT2D eigenvalue weighted by Crippen LogP contribution is 2.35. The molecule has 0 saturated carbocycles. The zero-order chi connectivity index (χ0) is 16.0. The van der Waals surface area contributed by atoms with Crippen molar-refractivity contribution in [3.8, 4) is 10.6 Å². The number of carbonyl (C=O) groups is 1. The maximum atomic E-state index is 11.2. The molecule has 0 saturated heterocycles. The van der Waals surface area contributed by atoms with Crippen LogP contribution in [0.2, 0.25) is 0 Å². The van der Waals surface area contributed by atoms with E-state index in [0.29, 0.717) is 5.52 Å². The first-order valence-electron chi connectivity index (χ1n) is 7.11. The van der Waals surface area contributed by atoms with Gasteiger partial charge in [0, 0.05) is 33.4 Å². The molecule has 5 heteroatoms. The molecular formula is C18H12N2O2S. The topological polar surface area (TPSA) is 63.1 Å². The number of thiophene rings is 1. The fourth-order valence-corrected chi connectivity index (χ4v) is 3.60. The maximum Gasteiger partial charge on any atom is 0.335 e. The number of hydrogen-bond acceptors (Lipinski definition) is 4. The van der Waals surface area contributed by atoms with E-state index in [1.54, 1.807) is 35.7 Å². The van der Waals surface area contributed by atoms with E-state index in [1.165, 1.54) is 4.88 Å². The number of pyridine rings is 2. The zero-order valence-corrected chi connectivity index (χ0v) is 13.1. The van der Waals surface area contributed by atoms with E-state index in [9.17, 15) is 9.90 Å². The summed E-state index contributed by atoms with van der Waals surface area (Å²) in [6, 6.07) is 11.1. The van der Waals surface area contributed by atoms with E-state index < -0.39 is 5.97 Å². The molecule has 112 valence electrons. The van der Waals surface area contributed by atoms with E-state index >= 15 is 0 Å². The molecular weight excluding hydrogens is 308 g/mol. The summed E-state index contributed by atoms with van der Waals surface area (Å²) in [6.45, 7) is 2.06. The quantitative estimate of drug-likeness (QED) is 0.552. The lowest BCUT2D eigenvalue weighted by molar-refractivity contribution is 0.0697. The Morgan fingerprint density at radius 3 is 2.70 bits per heavy atom. The molecule has 0 atom stereocenters. The van der Waals surface area contributed by atoms with Crippen LogP contribution in [0, 0.1) is 6.92 Å². The van der Waals surface area contributed by atoms with Gasteiger partial charge >= 0.3 is 5.97 Å². The number of benzene rings is 1. The first-order chi connectivity index (χ1) is 11.1. The van der Waals surface area contributed by atoms with Gasteiger partial charge in [0.2, 0.25) is 0 Å². The normalized spacial score (nSPS) is 11.2. The minimum Gasteiger partial charge on any atom is -0.478 e. The van der Waals surface area contributed by atoms with Crippen LogP contribution in [-0.2, 0) is 0 Å². The third kappa shape index (κ3) is 2.26. The summed E-state index contributed by atoms with van der Waals surface area (Å²) < 4.78 is 0. The molecule has 4 rings (SSSR count). The number of fused-ring (bicyclic) bond motifs is 3. The molecule has 1 aromatic carbocycles. The number of carboxylic acid groups (broad SMARTS) is 1. The maximum absolute atomic E-state index is 11.2. The van der Waals surface area contributed by atoms with Crippen LogP contribution in [0.1, 0.15) is 15.2 Å². The number of aromatic carboxylic acids is 1. The molecule has 4 aromatic rings. The third-order valence-electron chi connectivity index (χ3n) is 3.82. The Labute approximate surface area is 136 Å². The van der Waals surface area contributed by atoms with Gasteiger partial charge in [-0.15, -0.1) is 11.3 Å². The van der Waals surface area contributed by atoms with Crippen molar-refractivity contribution in [2.24, 2.45) is 0 Å². The fourth-order valence-electron chi connectivity index (χ4n) is 2.73. The van der Waals surface area contributed by atoms with Crippen molar-refractivity contribution in [1.29, 1.82) is 0 Å². The van der Waals surface area contributed by atoms with Crippen molar-refractivity contribution in [2.75, 3.05) is 0 Å². The first-order valence-corrected chi connectivity index (χ1v) is 7.93. The van der Waals surface area contributed by atoms with E-state index in [4.69, 9.17) is 4.98 Å². The summed E-state index contributed by atoms with van der Waals surface area (Å²) in [4.78, 5) is 22.5. The van der Waals surface area contributed by atoms with E-state index in [-0.39, 0.29) is 5.56 Å². The van der Waals surface area contributed by atoms with Crippen LogP contribution < -0.4 is 0 Å². The lowest BCUT2D eigenvalue weighted by Crippen LogP contribution is -1.97. The molecule has 0 fully saturated rings. The molecule has 3 aromatic heterocycles. The number of carboxylic acids is 1. The smallest absolute Gasteiger partial charge is 0.335 e. The van der Waals surface area contributed by atoms with E-state index in [1.807, 2.05) is 12.3 Å². The molecule has 0 spiro atoms. The second kappa shape index (κ2) is 5.14. The number of aromatic nitrogens is 2. The largest absolute Gasteiger partial charge is 0.478 e. The second-order valence-electron chi connectivity index (χ2n) is 5.33. The molecule has 0 aliphatic carbocycles. The van der Waals surface area contributed by atoms with Gasteiger partial charge in [-0.1, -0.05) is 6.07 Å². The summed E-state index contributed by atoms with van der Waals surface area (Å²) in [6.07, 6.45) is 3.56. The molecule has 23 heavy (non-hydrogen) atoms. The predicted octanol–water partition coefficient (Wildman–Crippen LogP) is 4.52. The van der Waals surface area contributed by atoms with E-state index in [0.717, 1.165) is 26.7 Å². The average molecular weight is 320 g/mol. The minimum atomic E-state index is -0.950. The summed E-state index contributed by atoms with van der Waals surface area (Å²) in [5.41, 5.74) is 1.78. The number of aryl methyl sites for hydroxylation is 1. The monoisotopic (exact) mass is 320 g/mol. The van der Waals surface area contributed by atoms with Gasteiger partial charge in [-0.2, -0.15) is 0 Å². The van der Waals surface area contributed by atoms with Crippen molar-refractivity contribution in [2.45, 2.75) is 6.92 Å². The molecule has 0 aliphatic rings. The van der Waals surface area contributed by atoms with Crippen molar-refractivity contribution in [3.05, 3.63) is 59.2 Å². The Hall–Kier alpha value is -2.79. The van der Waals surface area contributed by atoms with Crippen LogP contribution >= 0.6 is 11.3 Å². The Morgan fingerprint density at radius 2 is 1.96 bits per heavy atom. The summed E-state index contributed by atoms with van der Waals surface area (Å²) in [7, 11) is 0. The molecule has 3 heterocycles. The fraction of sp³-hybridized carbons (Fsp3) is 0.0556. The zero-order valence-electron chi connectivity index (χ0n) is 12.3. The van der Waals surface area contributed by atoms with Crippen LogP contribution in [0.25, 0.3) is 32.2 Å². The summed E-state index contributed by atoms with van der Waals surface area (Å²) >= 11 is 1.68. The highest BCUT2D eigenvalue weighted by Gasteiger charge is 2.13. The molecule has 1 N–H and O–H groups in total. The van der Waals surface area contributed by atoms with Gasteiger partial charge < -0.3 is 5.11 Å². The van der Waals surface area contributed by atoms with Crippen LogP contribution in [0.4, 0.5) is 0 Å². The minimum absolute atomic E-state index is 0.238. The van der Waals surface area contributed by atoms with Crippen molar-refractivity contribution < 1.29 is 9.90 Å². The first kappa shape index (κ1) is 13.8. The lowest BCUT2D eigenvalue weighted by Gasteiger charge is -2.08.